The third kappa shape index (κ3) is 4.03. The predicted molar refractivity (Wildman–Crippen MR) is 76.8 cm³/mol. The summed E-state index contributed by atoms with van der Waals surface area (Å²) in [6.45, 7) is 6.81. The number of benzene rings is 1. The minimum atomic E-state index is -0.176. The number of ether oxygens (including phenoxy) is 1. The van der Waals surface area contributed by atoms with Gasteiger partial charge in [0.25, 0.3) is 0 Å². The number of nitrogens with one attached hydrogen (secondary N) is 1. The third-order valence-electron chi connectivity index (χ3n) is 3.06. The first-order valence-electron chi connectivity index (χ1n) is 6.56. The van der Waals surface area contributed by atoms with Crippen LogP contribution in [0.5, 0.6) is 0 Å². The highest BCUT2D eigenvalue weighted by molar-refractivity contribution is 6.30. The molecule has 0 unspecified atom stereocenters. The molecule has 1 aliphatic heterocycles. The molecule has 3 nitrogen and oxygen atoms in total. The number of Topliss-reactive ketones (excluding diaryl/α,β-unsaturated/α-hetero) is 1. The number of hydrogen-bond donors (Lipinski definition) is 1. The summed E-state index contributed by atoms with van der Waals surface area (Å²) < 4.78 is 5.90. The van der Waals surface area contributed by atoms with Gasteiger partial charge in [0.05, 0.1) is 17.7 Å². The molecule has 0 aromatic heterocycles. The van der Waals surface area contributed by atoms with Crippen LogP contribution < -0.4 is 5.32 Å². The van der Waals surface area contributed by atoms with E-state index in [2.05, 4.69) is 5.32 Å². The molecule has 2 rings (SSSR count). The number of carbonyl (C=O) groups is 1. The Kier molecular flexibility index (Phi) is 4.29. The molecule has 0 aliphatic carbocycles. The first-order valence-corrected chi connectivity index (χ1v) is 6.94. The summed E-state index contributed by atoms with van der Waals surface area (Å²) in [6.07, 6.45) is 0.819. The maximum atomic E-state index is 12.3. The average molecular weight is 282 g/mol. The van der Waals surface area contributed by atoms with Gasteiger partial charge in [0.1, 0.15) is 0 Å². The summed E-state index contributed by atoms with van der Waals surface area (Å²) in [7, 11) is 0. The highest BCUT2D eigenvalue weighted by atomic mass is 35.5. The van der Waals surface area contributed by atoms with Crippen molar-refractivity contribution in [2.45, 2.75) is 44.9 Å². The van der Waals surface area contributed by atoms with Crippen molar-refractivity contribution < 1.29 is 9.53 Å². The molecule has 0 radical (unpaired) electrons. The van der Waals surface area contributed by atoms with Gasteiger partial charge in [-0.05, 0) is 51.5 Å². The molecular weight excluding hydrogens is 262 g/mol. The molecular formula is C15H20ClNO2. The van der Waals surface area contributed by atoms with Crippen LogP contribution in [0.1, 0.15) is 37.6 Å². The van der Waals surface area contributed by atoms with Gasteiger partial charge in [0.2, 0.25) is 0 Å². The van der Waals surface area contributed by atoms with Crippen molar-refractivity contribution in [1.29, 1.82) is 0 Å². The SMILES string of the molecule is CC(C)(C)O[C@H]1CN[C@@H](C(=O)c2ccc(Cl)cc2)C1. The molecule has 1 fully saturated rings. The van der Waals surface area contributed by atoms with E-state index >= 15 is 0 Å². The summed E-state index contributed by atoms with van der Waals surface area (Å²) >= 11 is 5.82. The zero-order chi connectivity index (χ0) is 14.0. The van der Waals surface area contributed by atoms with Crippen LogP contribution in [0.2, 0.25) is 5.02 Å². The minimum Gasteiger partial charge on any atom is -0.371 e. The van der Waals surface area contributed by atoms with Gasteiger partial charge in [-0.25, -0.2) is 0 Å². The summed E-state index contributed by atoms with van der Waals surface area (Å²) in [5.74, 6) is 0.108. The van der Waals surface area contributed by atoms with E-state index in [0.29, 0.717) is 10.6 Å². The zero-order valence-electron chi connectivity index (χ0n) is 11.6. The van der Waals surface area contributed by atoms with Crippen molar-refractivity contribution in [1.82, 2.24) is 5.32 Å². The van der Waals surface area contributed by atoms with Crippen molar-refractivity contribution in [3.8, 4) is 0 Å². The lowest BCUT2D eigenvalue weighted by atomic mass is 10.0. The molecule has 0 saturated carbocycles. The predicted octanol–water partition coefficient (Wildman–Crippen LogP) is 3.07. The second-order valence-electron chi connectivity index (χ2n) is 5.92. The van der Waals surface area contributed by atoms with Gasteiger partial charge in [0.15, 0.2) is 5.78 Å². The molecule has 1 aromatic rings. The van der Waals surface area contributed by atoms with E-state index in [1.165, 1.54) is 0 Å². The highest BCUT2D eigenvalue weighted by Crippen LogP contribution is 2.21. The molecule has 0 spiro atoms. The smallest absolute Gasteiger partial charge is 0.179 e. The fraction of sp³-hybridized carbons (Fsp3) is 0.533. The van der Waals surface area contributed by atoms with Gasteiger partial charge >= 0.3 is 0 Å². The van der Waals surface area contributed by atoms with E-state index in [1.807, 2.05) is 20.8 Å². The van der Waals surface area contributed by atoms with E-state index in [1.54, 1.807) is 24.3 Å². The Balaban J connectivity index is 1.97. The topological polar surface area (TPSA) is 38.3 Å². The summed E-state index contributed by atoms with van der Waals surface area (Å²) in [6, 6.07) is 6.86. The van der Waals surface area contributed by atoms with Crippen molar-refractivity contribution in [2.75, 3.05) is 6.54 Å². The molecule has 1 saturated heterocycles. The monoisotopic (exact) mass is 281 g/mol. The van der Waals surface area contributed by atoms with E-state index in [-0.39, 0.29) is 23.5 Å². The Morgan fingerprint density at radius 1 is 1.32 bits per heavy atom. The maximum absolute atomic E-state index is 12.3. The largest absolute Gasteiger partial charge is 0.371 e. The second-order valence-corrected chi connectivity index (χ2v) is 6.36. The molecule has 19 heavy (non-hydrogen) atoms. The number of hydrogen-bond acceptors (Lipinski definition) is 3. The first kappa shape index (κ1) is 14.5. The highest BCUT2D eigenvalue weighted by Gasteiger charge is 2.32. The Bertz CT molecular complexity index is 450. The maximum Gasteiger partial charge on any atom is 0.179 e. The van der Waals surface area contributed by atoms with Crippen molar-refractivity contribution in [3.05, 3.63) is 34.9 Å². The van der Waals surface area contributed by atoms with E-state index in [9.17, 15) is 4.79 Å². The Hall–Kier alpha value is -0.900. The van der Waals surface area contributed by atoms with Gasteiger partial charge in [-0.2, -0.15) is 0 Å². The average Bonchev–Trinajstić information content (AvgIpc) is 2.75. The summed E-state index contributed by atoms with van der Waals surface area (Å²) in [4.78, 5) is 12.3. The van der Waals surface area contributed by atoms with Crippen molar-refractivity contribution >= 4 is 17.4 Å². The quantitative estimate of drug-likeness (QED) is 0.866. The normalized spacial score (nSPS) is 23.6. The minimum absolute atomic E-state index is 0.0984. The second kappa shape index (κ2) is 5.61. The number of ketones is 1. The van der Waals surface area contributed by atoms with E-state index < -0.39 is 0 Å². The van der Waals surface area contributed by atoms with Crippen LogP contribution in [0.4, 0.5) is 0 Å². The zero-order valence-corrected chi connectivity index (χ0v) is 12.3. The van der Waals surface area contributed by atoms with Gasteiger partial charge in [-0.3, -0.25) is 4.79 Å². The van der Waals surface area contributed by atoms with Crippen LogP contribution in [0.3, 0.4) is 0 Å². The Morgan fingerprint density at radius 3 is 2.53 bits per heavy atom. The molecule has 104 valence electrons. The lowest BCUT2D eigenvalue weighted by molar-refractivity contribution is -0.0507. The van der Waals surface area contributed by atoms with E-state index in [4.69, 9.17) is 16.3 Å². The van der Waals surface area contributed by atoms with Gasteiger partial charge in [-0.1, -0.05) is 11.6 Å². The van der Waals surface area contributed by atoms with Crippen molar-refractivity contribution in [3.63, 3.8) is 0 Å². The third-order valence-corrected chi connectivity index (χ3v) is 3.31. The van der Waals surface area contributed by atoms with Crippen LogP contribution in [0.15, 0.2) is 24.3 Å². The lowest BCUT2D eigenvalue weighted by Crippen LogP contribution is -2.30. The summed E-state index contributed by atoms with van der Waals surface area (Å²) in [5.41, 5.74) is 0.517. The fourth-order valence-corrected chi connectivity index (χ4v) is 2.43. The molecule has 1 aliphatic rings. The standard InChI is InChI=1S/C15H20ClNO2/c1-15(2,3)19-12-8-13(17-9-12)14(18)10-4-6-11(16)7-5-10/h4-7,12-13,17H,8-9H2,1-3H3/t12-,13-/m1/s1. The summed E-state index contributed by atoms with van der Waals surface area (Å²) in [5, 5.41) is 3.88. The van der Waals surface area contributed by atoms with Gasteiger partial charge < -0.3 is 10.1 Å². The van der Waals surface area contributed by atoms with Crippen LogP contribution in [-0.2, 0) is 4.74 Å². The van der Waals surface area contributed by atoms with Crippen molar-refractivity contribution in [2.24, 2.45) is 0 Å². The van der Waals surface area contributed by atoms with Gasteiger partial charge in [0, 0.05) is 17.1 Å². The Morgan fingerprint density at radius 2 is 1.95 bits per heavy atom. The number of halogens is 1. The molecule has 1 heterocycles. The molecule has 2 atom stereocenters. The van der Waals surface area contributed by atoms with Crippen LogP contribution >= 0.6 is 11.6 Å². The number of rotatable bonds is 3. The Labute approximate surface area is 119 Å². The van der Waals surface area contributed by atoms with Crippen LogP contribution in [0, 0.1) is 0 Å². The van der Waals surface area contributed by atoms with Crippen LogP contribution in [0.25, 0.3) is 0 Å². The molecule has 4 heteroatoms. The molecule has 0 amide bonds. The fourth-order valence-electron chi connectivity index (χ4n) is 2.31. The lowest BCUT2D eigenvalue weighted by Gasteiger charge is -2.24. The first-order chi connectivity index (χ1) is 8.85. The molecule has 1 aromatic carbocycles. The molecule has 0 bridgehead atoms. The van der Waals surface area contributed by atoms with E-state index in [0.717, 1.165) is 13.0 Å². The van der Waals surface area contributed by atoms with Gasteiger partial charge in [-0.15, -0.1) is 0 Å². The molecule has 1 N–H and O–H groups in total. The number of carbonyl (C=O) groups excluding carboxylic acids is 1. The van der Waals surface area contributed by atoms with Crippen LogP contribution in [-0.4, -0.2) is 30.1 Å².